The van der Waals surface area contributed by atoms with Gasteiger partial charge in [-0.2, -0.15) is 13.2 Å². The molecular weight excluding hydrogens is 910 g/mol. The molecule has 2 aromatic rings. The summed E-state index contributed by atoms with van der Waals surface area (Å²) in [7, 11) is 3.11. The Morgan fingerprint density at radius 3 is 1.93 bits per heavy atom. The summed E-state index contributed by atoms with van der Waals surface area (Å²) < 4.78 is 31.7. The monoisotopic (exact) mass is 972 g/mol. The molecule has 23 heteroatoms. The Kier molecular flexibility index (Phi) is 21.5. The van der Waals surface area contributed by atoms with E-state index in [1.54, 1.807) is 51.4 Å². The van der Waals surface area contributed by atoms with Crippen LogP contribution in [0.1, 0.15) is 106 Å². The third-order valence-electron chi connectivity index (χ3n) is 12.3. The number of hydrogen-bond acceptors (Lipinski definition) is 12. The maximum atomic E-state index is 14.3. The number of benzene rings is 1. The summed E-state index contributed by atoms with van der Waals surface area (Å²) in [6.07, 6.45) is 8.31. The molecule has 378 valence electrons. The van der Waals surface area contributed by atoms with Crippen molar-refractivity contribution in [1.82, 2.24) is 52.1 Å². The molecule has 2 saturated carbocycles. The first kappa shape index (κ1) is 55.1. The number of carbonyl (C=O) groups excluding carboxylic acids is 8. The van der Waals surface area contributed by atoms with Gasteiger partial charge in [0, 0.05) is 39.6 Å². The number of aliphatic carboxylic acids is 1. The summed E-state index contributed by atoms with van der Waals surface area (Å²) in [6.45, 7) is 1.64. The molecule has 1 saturated heterocycles. The number of likely N-dealkylation sites (N-methyl/N-ethyl adjacent to an activating group) is 1. The molecule has 0 bridgehead atoms. The van der Waals surface area contributed by atoms with Gasteiger partial charge in [0.05, 0.1) is 30.7 Å². The van der Waals surface area contributed by atoms with Gasteiger partial charge in [-0.05, 0) is 49.5 Å². The summed E-state index contributed by atoms with van der Waals surface area (Å²) in [5.41, 5.74) is 0.625. The van der Waals surface area contributed by atoms with Gasteiger partial charge in [-0.25, -0.2) is 9.78 Å². The SMILES string of the molecule is CCCC(NC(=O)[C@@H]1CNC[C@@H]1NC(=O)[C@@H](NC(=O)[C@@H](NC(=O)c1cnccn1)C1CCCCC1)C1CCCCC1)C(=O)C(=O)NCC(=O)N[C@H](C(=O)N(C)C)c1ccccc1.O=C(O)C(F)(F)F. The Morgan fingerprint density at radius 1 is 0.797 bits per heavy atom. The number of ketones is 1. The minimum atomic E-state index is -5.08. The number of carboxylic acid groups (broad SMARTS) is 1. The van der Waals surface area contributed by atoms with Crippen LogP contribution >= 0.6 is 0 Å². The molecule has 1 aromatic carbocycles. The fraction of sp³-hybridized carbons (Fsp3) is 0.587. The lowest BCUT2D eigenvalue weighted by molar-refractivity contribution is -0.192. The van der Waals surface area contributed by atoms with Crippen LogP contribution in [0, 0.1) is 17.8 Å². The zero-order valence-electron chi connectivity index (χ0n) is 38.9. The number of alkyl halides is 3. The van der Waals surface area contributed by atoms with Crippen molar-refractivity contribution in [3.8, 4) is 0 Å². The van der Waals surface area contributed by atoms with E-state index in [0.717, 1.165) is 64.2 Å². The smallest absolute Gasteiger partial charge is 0.475 e. The molecular formula is C46H63F3N10O10. The van der Waals surface area contributed by atoms with Crippen molar-refractivity contribution in [2.45, 2.75) is 120 Å². The summed E-state index contributed by atoms with van der Waals surface area (Å²) in [4.78, 5) is 126. The first-order chi connectivity index (χ1) is 32.8. The van der Waals surface area contributed by atoms with Gasteiger partial charge < -0.3 is 47.2 Å². The maximum absolute atomic E-state index is 14.3. The van der Waals surface area contributed by atoms with Gasteiger partial charge in [-0.15, -0.1) is 0 Å². The van der Waals surface area contributed by atoms with Gasteiger partial charge in [0.1, 0.15) is 23.8 Å². The van der Waals surface area contributed by atoms with E-state index in [2.05, 4.69) is 47.2 Å². The van der Waals surface area contributed by atoms with E-state index < -0.39 is 96.0 Å². The fourth-order valence-corrected chi connectivity index (χ4v) is 8.63. The molecule has 1 aromatic heterocycles. The molecule has 0 spiro atoms. The zero-order chi connectivity index (χ0) is 50.7. The van der Waals surface area contributed by atoms with Gasteiger partial charge >= 0.3 is 12.1 Å². The molecule has 5 rings (SSSR count). The van der Waals surface area contributed by atoms with Gasteiger partial charge in [-0.3, -0.25) is 43.3 Å². The first-order valence-electron chi connectivity index (χ1n) is 23.2. The minimum Gasteiger partial charge on any atom is -0.475 e. The Morgan fingerprint density at radius 2 is 1.39 bits per heavy atom. The number of hydrogen-bond donors (Lipinski definition) is 8. The molecule has 3 aliphatic rings. The van der Waals surface area contributed by atoms with E-state index in [4.69, 9.17) is 9.90 Å². The molecule has 2 heterocycles. The van der Waals surface area contributed by atoms with Gasteiger partial charge in [0.25, 0.3) is 11.8 Å². The Hall–Kier alpha value is -6.52. The summed E-state index contributed by atoms with van der Waals surface area (Å²) in [5.74, 6) is -8.93. The molecule has 2 aliphatic carbocycles. The molecule has 1 unspecified atom stereocenters. The van der Waals surface area contributed by atoms with Crippen molar-refractivity contribution in [3.63, 3.8) is 0 Å². The van der Waals surface area contributed by atoms with Crippen LogP contribution < -0.4 is 37.2 Å². The lowest BCUT2D eigenvalue weighted by Crippen LogP contribution is -2.60. The van der Waals surface area contributed by atoms with Crippen LogP contribution in [-0.2, 0) is 38.4 Å². The largest absolute Gasteiger partial charge is 0.490 e. The van der Waals surface area contributed by atoms with Crippen molar-refractivity contribution < 1.29 is 61.4 Å². The van der Waals surface area contributed by atoms with Crippen LogP contribution in [0.3, 0.4) is 0 Å². The molecule has 69 heavy (non-hydrogen) atoms. The van der Waals surface area contributed by atoms with Crippen LogP contribution in [0.4, 0.5) is 13.2 Å². The predicted octanol–water partition coefficient (Wildman–Crippen LogP) is 1.47. The summed E-state index contributed by atoms with van der Waals surface area (Å²) in [6, 6.07) is 3.88. The number of carbonyl (C=O) groups is 9. The number of rotatable bonds is 19. The molecule has 0 radical (unpaired) electrons. The topological polar surface area (TPSA) is 287 Å². The summed E-state index contributed by atoms with van der Waals surface area (Å²) in [5, 5.41) is 26.8. The zero-order valence-corrected chi connectivity index (χ0v) is 38.9. The normalized spacial score (nSPS) is 19.1. The van der Waals surface area contributed by atoms with E-state index in [0.29, 0.717) is 12.0 Å². The summed E-state index contributed by atoms with van der Waals surface area (Å²) >= 11 is 0. The van der Waals surface area contributed by atoms with Crippen molar-refractivity contribution >= 4 is 53.1 Å². The van der Waals surface area contributed by atoms with Crippen molar-refractivity contribution in [2.24, 2.45) is 17.8 Å². The standard InChI is InChI=1S/C44H62N10O8.C2HF3O2/c1-4-14-31(38(56)43(61)48-26-34(55)51-37(44(62)54(2)3)29-19-12-7-13-20-29)49-39(57)30-23-46-24-32(30)50-41(59)35(27-15-8-5-9-16-27)53-42(60)36(28-17-10-6-11-18-28)52-40(58)33-25-45-21-22-47-33;3-2(4,5)1(6)7/h7,12-13,19-22,25,27-28,30-32,35-37,46H,4-6,8-11,14-18,23-24,26H2,1-3H3,(H,48,61)(H,49,57)(H,50,59)(H,51,55)(H,52,58)(H,53,60);(H,6,7)/t30-,31?,32+,35+,36+,37+;/m1./s1. The molecule has 7 amide bonds. The first-order valence-corrected chi connectivity index (χ1v) is 23.2. The molecule has 20 nitrogen and oxygen atoms in total. The average Bonchev–Trinajstić information content (AvgIpc) is 3.81. The molecule has 8 N–H and O–H groups in total. The van der Waals surface area contributed by atoms with Gasteiger partial charge in [0.15, 0.2) is 0 Å². The number of halogens is 3. The highest BCUT2D eigenvalue weighted by atomic mass is 19.4. The Labute approximate surface area is 397 Å². The lowest BCUT2D eigenvalue weighted by Gasteiger charge is -2.35. The van der Waals surface area contributed by atoms with E-state index in [9.17, 15) is 51.5 Å². The average molecular weight is 973 g/mol. The van der Waals surface area contributed by atoms with Crippen molar-refractivity contribution in [1.29, 1.82) is 0 Å². The van der Waals surface area contributed by atoms with Crippen LogP contribution in [0.25, 0.3) is 0 Å². The number of nitrogens with one attached hydrogen (secondary N) is 7. The van der Waals surface area contributed by atoms with Crippen LogP contribution in [0.5, 0.6) is 0 Å². The Balaban J connectivity index is 0.00000137. The van der Waals surface area contributed by atoms with Crippen molar-refractivity contribution in [3.05, 3.63) is 60.2 Å². The predicted molar refractivity (Wildman–Crippen MR) is 241 cm³/mol. The Bertz CT molecular complexity index is 2090. The number of nitrogens with zero attached hydrogens (tertiary/aromatic N) is 3. The highest BCUT2D eigenvalue weighted by Crippen LogP contribution is 2.30. The minimum absolute atomic E-state index is 0.0822. The van der Waals surface area contributed by atoms with E-state index >= 15 is 0 Å². The third-order valence-corrected chi connectivity index (χ3v) is 12.3. The maximum Gasteiger partial charge on any atom is 0.490 e. The molecule has 3 fully saturated rings. The second kappa shape index (κ2) is 26.9. The fourth-order valence-electron chi connectivity index (χ4n) is 8.63. The van der Waals surface area contributed by atoms with Crippen LogP contribution in [0.15, 0.2) is 48.9 Å². The van der Waals surface area contributed by atoms with Gasteiger partial charge in [-0.1, -0.05) is 82.2 Å². The highest BCUT2D eigenvalue weighted by Gasteiger charge is 2.41. The number of carboxylic acids is 1. The van der Waals surface area contributed by atoms with E-state index in [1.165, 1.54) is 23.5 Å². The quantitative estimate of drug-likeness (QED) is 0.0928. The highest BCUT2D eigenvalue weighted by molar-refractivity contribution is 6.38. The number of Topliss-reactive ketones (excluding diaryl/α,β-unsaturated/α-hetero) is 1. The number of amides is 7. The lowest BCUT2D eigenvalue weighted by atomic mass is 9.81. The van der Waals surface area contributed by atoms with Gasteiger partial charge in [0.2, 0.25) is 35.3 Å². The van der Waals surface area contributed by atoms with Crippen LogP contribution in [-0.4, -0.2) is 137 Å². The van der Waals surface area contributed by atoms with Crippen LogP contribution in [0.2, 0.25) is 0 Å². The van der Waals surface area contributed by atoms with E-state index in [1.807, 2.05) is 0 Å². The molecule has 1 aliphatic heterocycles. The van der Waals surface area contributed by atoms with Crippen molar-refractivity contribution in [2.75, 3.05) is 33.7 Å². The molecule has 6 atom stereocenters. The second-order valence-corrected chi connectivity index (χ2v) is 17.5. The van der Waals surface area contributed by atoms with E-state index in [-0.39, 0.29) is 42.9 Å². The second-order valence-electron chi connectivity index (χ2n) is 17.5. The third kappa shape index (κ3) is 16.9. The number of aromatic nitrogens is 2.